The summed E-state index contributed by atoms with van der Waals surface area (Å²) >= 11 is 6.08. The summed E-state index contributed by atoms with van der Waals surface area (Å²) in [4.78, 5) is 30.0. The van der Waals surface area contributed by atoms with Crippen LogP contribution >= 0.6 is 11.6 Å². The van der Waals surface area contributed by atoms with E-state index in [9.17, 15) is 9.59 Å². The highest BCUT2D eigenvalue weighted by molar-refractivity contribution is 6.33. The van der Waals surface area contributed by atoms with Crippen LogP contribution in [0.2, 0.25) is 5.02 Å². The maximum Gasteiger partial charge on any atom is 0.255 e. The number of benzene rings is 1. The van der Waals surface area contributed by atoms with Crippen molar-refractivity contribution >= 4 is 29.1 Å². The first kappa shape index (κ1) is 23.6. The Kier molecular flexibility index (Phi) is 8.40. The van der Waals surface area contributed by atoms with E-state index < -0.39 is 0 Å². The summed E-state index contributed by atoms with van der Waals surface area (Å²) in [5, 5.41) is 3.37. The minimum absolute atomic E-state index is 0.00990. The number of nitrogens with two attached hydrogens (primary N) is 2. The molecule has 2 heterocycles. The number of halogens is 1. The van der Waals surface area contributed by atoms with Crippen molar-refractivity contribution in [3.8, 4) is 5.75 Å². The van der Waals surface area contributed by atoms with Crippen LogP contribution in [0.25, 0.3) is 0 Å². The van der Waals surface area contributed by atoms with E-state index in [-0.39, 0.29) is 23.8 Å². The van der Waals surface area contributed by atoms with Crippen molar-refractivity contribution in [2.75, 3.05) is 52.1 Å². The van der Waals surface area contributed by atoms with Crippen LogP contribution in [0.1, 0.15) is 42.5 Å². The van der Waals surface area contributed by atoms with Crippen molar-refractivity contribution in [2.24, 2.45) is 11.7 Å². The average Bonchev–Trinajstić information content (AvgIpc) is 2.79. The SMILES string of the molecule is COc1cc(N)c(Cl)cc1C(=O)NC1CCN(C(=O)C2CCN(CCCN)CC2)CC1. The van der Waals surface area contributed by atoms with E-state index in [1.165, 1.54) is 13.2 Å². The van der Waals surface area contributed by atoms with Crippen molar-refractivity contribution in [1.82, 2.24) is 15.1 Å². The molecule has 2 saturated heterocycles. The number of carbonyl (C=O) groups excluding carboxylic acids is 2. The molecule has 5 N–H and O–H groups in total. The minimum Gasteiger partial charge on any atom is -0.496 e. The van der Waals surface area contributed by atoms with Gasteiger partial charge in [0.05, 0.1) is 23.4 Å². The van der Waals surface area contributed by atoms with Gasteiger partial charge < -0.3 is 31.3 Å². The zero-order valence-electron chi connectivity index (χ0n) is 18.2. The summed E-state index contributed by atoms with van der Waals surface area (Å²) in [6.45, 7) is 4.99. The number of methoxy groups -OCH3 is 1. The van der Waals surface area contributed by atoms with Crippen LogP contribution in [0.15, 0.2) is 12.1 Å². The van der Waals surface area contributed by atoms with Gasteiger partial charge in [0, 0.05) is 31.1 Å². The lowest BCUT2D eigenvalue weighted by molar-refractivity contribution is -0.138. The van der Waals surface area contributed by atoms with Crippen LogP contribution in [-0.4, -0.2) is 74.0 Å². The van der Waals surface area contributed by atoms with Gasteiger partial charge in [0.15, 0.2) is 0 Å². The molecule has 2 aliphatic rings. The molecule has 2 amide bonds. The predicted octanol–water partition coefficient (Wildman–Crippen LogP) is 1.71. The van der Waals surface area contributed by atoms with Crippen molar-refractivity contribution < 1.29 is 14.3 Å². The van der Waals surface area contributed by atoms with Gasteiger partial charge in [0.25, 0.3) is 5.91 Å². The molecule has 2 fully saturated rings. The summed E-state index contributed by atoms with van der Waals surface area (Å²) < 4.78 is 5.27. The summed E-state index contributed by atoms with van der Waals surface area (Å²) in [6, 6.07) is 3.10. The molecule has 2 aliphatic heterocycles. The Bertz CT molecular complexity index is 775. The van der Waals surface area contributed by atoms with Crippen molar-refractivity contribution in [2.45, 2.75) is 38.1 Å². The summed E-state index contributed by atoms with van der Waals surface area (Å²) in [7, 11) is 1.49. The standard InChI is InChI=1S/C22H34ClN5O3/c1-31-20-14-19(25)18(23)13-17(20)21(29)26-16-5-11-28(12-6-16)22(30)15-3-9-27(10-4-15)8-2-7-24/h13-16H,2-12,24-25H2,1H3,(H,26,29). The predicted molar refractivity (Wildman–Crippen MR) is 122 cm³/mol. The number of rotatable bonds is 7. The highest BCUT2D eigenvalue weighted by Crippen LogP contribution is 2.29. The monoisotopic (exact) mass is 451 g/mol. The molecule has 0 saturated carbocycles. The number of ether oxygens (including phenoxy) is 1. The van der Waals surface area contributed by atoms with E-state index in [2.05, 4.69) is 10.2 Å². The Morgan fingerprint density at radius 3 is 2.45 bits per heavy atom. The van der Waals surface area contributed by atoms with E-state index >= 15 is 0 Å². The molecule has 172 valence electrons. The van der Waals surface area contributed by atoms with Crippen LogP contribution in [0, 0.1) is 5.92 Å². The van der Waals surface area contributed by atoms with E-state index in [4.69, 9.17) is 27.8 Å². The third kappa shape index (κ3) is 6.02. The van der Waals surface area contributed by atoms with Crippen LogP contribution in [-0.2, 0) is 4.79 Å². The second kappa shape index (κ2) is 11.0. The van der Waals surface area contributed by atoms with Gasteiger partial charge in [-0.15, -0.1) is 0 Å². The fourth-order valence-corrected chi connectivity index (χ4v) is 4.56. The molecular formula is C22H34ClN5O3. The number of nitrogen functional groups attached to an aromatic ring is 1. The number of anilines is 1. The molecular weight excluding hydrogens is 418 g/mol. The number of nitrogens with zero attached hydrogens (tertiary/aromatic N) is 2. The van der Waals surface area contributed by atoms with Crippen molar-refractivity contribution in [1.29, 1.82) is 0 Å². The Labute approximate surface area is 189 Å². The van der Waals surface area contributed by atoms with Gasteiger partial charge >= 0.3 is 0 Å². The number of carbonyl (C=O) groups is 2. The van der Waals surface area contributed by atoms with Crippen molar-refractivity contribution in [3.05, 3.63) is 22.7 Å². The molecule has 0 unspecified atom stereocenters. The molecule has 0 spiro atoms. The smallest absolute Gasteiger partial charge is 0.255 e. The normalized spacial score (nSPS) is 18.7. The van der Waals surface area contributed by atoms with Gasteiger partial charge in [-0.25, -0.2) is 0 Å². The summed E-state index contributed by atoms with van der Waals surface area (Å²) in [6.07, 6.45) is 4.30. The van der Waals surface area contributed by atoms with E-state index in [1.807, 2.05) is 4.90 Å². The Hall–Kier alpha value is -2.03. The molecule has 0 radical (unpaired) electrons. The van der Waals surface area contributed by atoms with Gasteiger partial charge in [-0.1, -0.05) is 11.6 Å². The number of nitrogens with one attached hydrogen (secondary N) is 1. The maximum atomic E-state index is 12.9. The number of piperidine rings is 2. The van der Waals surface area contributed by atoms with Crippen LogP contribution < -0.4 is 21.5 Å². The third-order valence-electron chi connectivity index (χ3n) is 6.32. The number of likely N-dealkylation sites (tertiary alicyclic amines) is 2. The molecule has 8 nitrogen and oxygen atoms in total. The summed E-state index contributed by atoms with van der Waals surface area (Å²) in [5.41, 5.74) is 12.1. The molecule has 0 aliphatic carbocycles. The van der Waals surface area contributed by atoms with Gasteiger partial charge in [-0.2, -0.15) is 0 Å². The maximum absolute atomic E-state index is 12.9. The lowest BCUT2D eigenvalue weighted by Crippen LogP contribution is -2.49. The second-order valence-electron chi connectivity index (χ2n) is 8.41. The molecule has 31 heavy (non-hydrogen) atoms. The number of hydrogen-bond acceptors (Lipinski definition) is 6. The summed E-state index contributed by atoms with van der Waals surface area (Å²) in [5.74, 6) is 0.523. The second-order valence-corrected chi connectivity index (χ2v) is 8.81. The molecule has 3 rings (SSSR count). The van der Waals surface area contributed by atoms with E-state index in [1.54, 1.807) is 6.07 Å². The molecule has 0 bridgehead atoms. The van der Waals surface area contributed by atoms with E-state index in [0.29, 0.717) is 41.7 Å². The zero-order valence-corrected chi connectivity index (χ0v) is 19.0. The molecule has 0 aromatic heterocycles. The molecule has 1 aromatic carbocycles. The highest BCUT2D eigenvalue weighted by Gasteiger charge is 2.31. The Morgan fingerprint density at radius 2 is 1.84 bits per heavy atom. The first-order valence-corrected chi connectivity index (χ1v) is 11.5. The Morgan fingerprint density at radius 1 is 1.16 bits per heavy atom. The third-order valence-corrected chi connectivity index (χ3v) is 6.65. The topological polar surface area (TPSA) is 114 Å². The number of amides is 2. The van der Waals surface area contributed by atoms with Crippen LogP contribution in [0.5, 0.6) is 5.75 Å². The lowest BCUT2D eigenvalue weighted by atomic mass is 9.93. The Balaban J connectivity index is 1.47. The van der Waals surface area contributed by atoms with Crippen LogP contribution in [0.3, 0.4) is 0 Å². The lowest BCUT2D eigenvalue weighted by Gasteiger charge is -2.37. The zero-order chi connectivity index (χ0) is 22.4. The quantitative estimate of drug-likeness (QED) is 0.544. The van der Waals surface area contributed by atoms with Crippen molar-refractivity contribution in [3.63, 3.8) is 0 Å². The number of hydrogen-bond donors (Lipinski definition) is 3. The fourth-order valence-electron chi connectivity index (χ4n) is 4.40. The molecule has 0 atom stereocenters. The average molecular weight is 452 g/mol. The molecule has 9 heteroatoms. The first-order chi connectivity index (χ1) is 14.9. The van der Waals surface area contributed by atoms with Gasteiger partial charge in [-0.05, 0) is 64.3 Å². The van der Waals surface area contributed by atoms with Crippen LogP contribution in [0.4, 0.5) is 5.69 Å². The first-order valence-electron chi connectivity index (χ1n) is 11.1. The largest absolute Gasteiger partial charge is 0.496 e. The van der Waals surface area contributed by atoms with Gasteiger partial charge in [-0.3, -0.25) is 9.59 Å². The molecule has 1 aromatic rings. The van der Waals surface area contributed by atoms with Gasteiger partial charge in [0.1, 0.15) is 5.75 Å². The highest BCUT2D eigenvalue weighted by atomic mass is 35.5. The minimum atomic E-state index is -0.242. The van der Waals surface area contributed by atoms with Gasteiger partial charge in [0.2, 0.25) is 5.91 Å². The fraction of sp³-hybridized carbons (Fsp3) is 0.636. The van der Waals surface area contributed by atoms with E-state index in [0.717, 1.165) is 51.7 Å².